The lowest BCUT2D eigenvalue weighted by atomic mass is 10.0. The Morgan fingerprint density at radius 1 is 1.15 bits per heavy atom. The molecule has 0 aliphatic carbocycles. The zero-order valence-corrected chi connectivity index (χ0v) is 11.6. The number of anilines is 1. The number of amides is 1. The summed E-state index contributed by atoms with van der Waals surface area (Å²) in [5.74, 6) is -0.0817. The fourth-order valence-corrected chi connectivity index (χ4v) is 2.06. The number of carbonyl (C=O) groups is 2. The van der Waals surface area contributed by atoms with Crippen LogP contribution in [0.3, 0.4) is 0 Å². The van der Waals surface area contributed by atoms with Gasteiger partial charge in [0.25, 0.3) is 0 Å². The lowest BCUT2D eigenvalue weighted by molar-refractivity contribution is -0.115. The molecule has 0 spiro atoms. The van der Waals surface area contributed by atoms with E-state index in [4.69, 9.17) is 0 Å². The molecule has 0 heterocycles. The first-order chi connectivity index (χ1) is 9.58. The number of aryl methyl sites for hydroxylation is 2. The lowest BCUT2D eigenvalue weighted by Crippen LogP contribution is -2.15. The Morgan fingerprint density at radius 3 is 2.70 bits per heavy atom. The van der Waals surface area contributed by atoms with Gasteiger partial charge in [0, 0.05) is 11.3 Å². The van der Waals surface area contributed by atoms with Crippen LogP contribution in [-0.2, 0) is 11.2 Å². The Bertz CT molecular complexity index is 647. The fraction of sp³-hybridized carbons (Fsp3) is 0.176. The highest BCUT2D eigenvalue weighted by Gasteiger charge is 2.07. The number of hydrogen-bond acceptors (Lipinski definition) is 2. The Kier molecular flexibility index (Phi) is 4.31. The predicted molar refractivity (Wildman–Crippen MR) is 80.1 cm³/mol. The SMILES string of the molecule is Cc1ccc(C)c(CC(=O)Nc2cccc(C=O)c2)c1. The second-order valence-electron chi connectivity index (χ2n) is 4.90. The molecule has 0 atom stereocenters. The first-order valence-corrected chi connectivity index (χ1v) is 6.50. The second-order valence-corrected chi connectivity index (χ2v) is 4.90. The Hall–Kier alpha value is -2.42. The molecular formula is C17H17NO2. The van der Waals surface area contributed by atoms with Gasteiger partial charge in [-0.2, -0.15) is 0 Å². The largest absolute Gasteiger partial charge is 0.326 e. The molecule has 0 aliphatic heterocycles. The van der Waals surface area contributed by atoms with Crippen LogP contribution >= 0.6 is 0 Å². The topological polar surface area (TPSA) is 46.2 Å². The molecule has 0 aliphatic rings. The van der Waals surface area contributed by atoms with Crippen LogP contribution in [0.4, 0.5) is 5.69 Å². The molecule has 3 nitrogen and oxygen atoms in total. The van der Waals surface area contributed by atoms with Crippen LogP contribution in [0.2, 0.25) is 0 Å². The molecule has 1 N–H and O–H groups in total. The molecule has 0 saturated heterocycles. The molecule has 2 aromatic carbocycles. The number of benzene rings is 2. The van der Waals surface area contributed by atoms with Crippen molar-refractivity contribution in [3.63, 3.8) is 0 Å². The van der Waals surface area contributed by atoms with Crippen molar-refractivity contribution in [1.29, 1.82) is 0 Å². The van der Waals surface area contributed by atoms with E-state index in [0.717, 1.165) is 23.0 Å². The summed E-state index contributed by atoms with van der Waals surface area (Å²) < 4.78 is 0. The van der Waals surface area contributed by atoms with Crippen molar-refractivity contribution in [2.45, 2.75) is 20.3 Å². The molecule has 0 aromatic heterocycles. The van der Waals surface area contributed by atoms with Crippen molar-refractivity contribution in [3.8, 4) is 0 Å². The van der Waals surface area contributed by atoms with E-state index in [0.29, 0.717) is 17.7 Å². The van der Waals surface area contributed by atoms with Gasteiger partial charge in [-0.1, -0.05) is 35.9 Å². The van der Waals surface area contributed by atoms with Gasteiger partial charge in [0.2, 0.25) is 5.91 Å². The summed E-state index contributed by atoms with van der Waals surface area (Å²) in [6.45, 7) is 4.00. The third-order valence-electron chi connectivity index (χ3n) is 3.16. The standard InChI is InChI=1S/C17H17NO2/c1-12-6-7-13(2)15(8-12)10-17(20)18-16-5-3-4-14(9-16)11-19/h3-9,11H,10H2,1-2H3,(H,18,20). The summed E-state index contributed by atoms with van der Waals surface area (Å²) in [4.78, 5) is 22.8. The summed E-state index contributed by atoms with van der Waals surface area (Å²) in [6, 6.07) is 13.0. The molecule has 2 rings (SSSR count). The van der Waals surface area contributed by atoms with Gasteiger partial charge in [-0.3, -0.25) is 9.59 Å². The molecule has 0 unspecified atom stereocenters. The lowest BCUT2D eigenvalue weighted by Gasteiger charge is -2.08. The van der Waals surface area contributed by atoms with Crippen molar-refractivity contribution in [2.24, 2.45) is 0 Å². The van der Waals surface area contributed by atoms with E-state index in [2.05, 4.69) is 5.32 Å². The normalized spacial score (nSPS) is 10.1. The molecule has 0 saturated carbocycles. The van der Waals surface area contributed by atoms with Gasteiger partial charge in [-0.05, 0) is 37.1 Å². The van der Waals surface area contributed by atoms with Crippen molar-refractivity contribution in [2.75, 3.05) is 5.32 Å². The third kappa shape index (κ3) is 3.54. The van der Waals surface area contributed by atoms with Crippen LogP contribution in [0.15, 0.2) is 42.5 Å². The number of hydrogen-bond donors (Lipinski definition) is 1. The summed E-state index contributed by atoms with van der Waals surface area (Å²) in [5, 5.41) is 2.81. The molecule has 2 aromatic rings. The van der Waals surface area contributed by atoms with Crippen LogP contribution in [0.5, 0.6) is 0 Å². The Labute approximate surface area is 118 Å². The van der Waals surface area contributed by atoms with Crippen molar-refractivity contribution in [1.82, 2.24) is 0 Å². The minimum atomic E-state index is -0.0817. The van der Waals surface area contributed by atoms with Gasteiger partial charge in [-0.15, -0.1) is 0 Å². The molecular weight excluding hydrogens is 250 g/mol. The van der Waals surface area contributed by atoms with Crippen LogP contribution in [0, 0.1) is 13.8 Å². The zero-order valence-electron chi connectivity index (χ0n) is 11.6. The van der Waals surface area contributed by atoms with Crippen molar-refractivity contribution < 1.29 is 9.59 Å². The number of aldehydes is 1. The quantitative estimate of drug-likeness (QED) is 0.864. The summed E-state index contributed by atoms with van der Waals surface area (Å²) in [6.07, 6.45) is 1.10. The van der Waals surface area contributed by atoms with Gasteiger partial charge >= 0.3 is 0 Å². The average Bonchev–Trinajstić information content (AvgIpc) is 2.43. The summed E-state index contributed by atoms with van der Waals surface area (Å²) in [5.41, 5.74) is 4.46. The van der Waals surface area contributed by atoms with Gasteiger partial charge in [-0.25, -0.2) is 0 Å². The average molecular weight is 267 g/mol. The van der Waals surface area contributed by atoms with E-state index in [1.807, 2.05) is 32.0 Å². The predicted octanol–water partition coefficient (Wildman–Crippen LogP) is 3.30. The first-order valence-electron chi connectivity index (χ1n) is 6.50. The first kappa shape index (κ1) is 14.0. The van der Waals surface area contributed by atoms with E-state index < -0.39 is 0 Å². The molecule has 20 heavy (non-hydrogen) atoms. The minimum Gasteiger partial charge on any atom is -0.326 e. The van der Waals surface area contributed by atoms with Crippen LogP contribution in [-0.4, -0.2) is 12.2 Å². The zero-order chi connectivity index (χ0) is 14.5. The Balaban J connectivity index is 2.08. The van der Waals surface area contributed by atoms with E-state index in [1.165, 1.54) is 0 Å². The summed E-state index contributed by atoms with van der Waals surface area (Å²) >= 11 is 0. The van der Waals surface area contributed by atoms with E-state index in [-0.39, 0.29) is 5.91 Å². The highest BCUT2D eigenvalue weighted by molar-refractivity contribution is 5.93. The summed E-state index contributed by atoms with van der Waals surface area (Å²) in [7, 11) is 0. The maximum absolute atomic E-state index is 12.0. The molecule has 0 radical (unpaired) electrons. The van der Waals surface area contributed by atoms with Gasteiger partial charge in [0.15, 0.2) is 0 Å². The highest BCUT2D eigenvalue weighted by atomic mass is 16.1. The Morgan fingerprint density at radius 2 is 1.95 bits per heavy atom. The van der Waals surface area contributed by atoms with Gasteiger partial charge in [0.1, 0.15) is 6.29 Å². The van der Waals surface area contributed by atoms with Gasteiger partial charge in [0.05, 0.1) is 6.42 Å². The number of nitrogens with one attached hydrogen (secondary N) is 1. The maximum Gasteiger partial charge on any atom is 0.228 e. The van der Waals surface area contributed by atoms with Crippen LogP contribution in [0.25, 0.3) is 0 Å². The molecule has 0 bridgehead atoms. The molecule has 102 valence electrons. The maximum atomic E-state index is 12.0. The highest BCUT2D eigenvalue weighted by Crippen LogP contribution is 2.13. The van der Waals surface area contributed by atoms with Crippen molar-refractivity contribution >= 4 is 17.9 Å². The molecule has 0 fully saturated rings. The van der Waals surface area contributed by atoms with E-state index in [1.54, 1.807) is 24.3 Å². The van der Waals surface area contributed by atoms with E-state index in [9.17, 15) is 9.59 Å². The van der Waals surface area contributed by atoms with Crippen LogP contribution < -0.4 is 5.32 Å². The van der Waals surface area contributed by atoms with Gasteiger partial charge < -0.3 is 5.32 Å². The molecule has 3 heteroatoms. The molecule has 1 amide bonds. The fourth-order valence-electron chi connectivity index (χ4n) is 2.06. The smallest absolute Gasteiger partial charge is 0.228 e. The van der Waals surface area contributed by atoms with E-state index >= 15 is 0 Å². The number of rotatable bonds is 4. The monoisotopic (exact) mass is 267 g/mol. The van der Waals surface area contributed by atoms with Crippen molar-refractivity contribution in [3.05, 3.63) is 64.7 Å². The third-order valence-corrected chi connectivity index (χ3v) is 3.16. The number of carbonyl (C=O) groups excluding carboxylic acids is 2. The second kappa shape index (κ2) is 6.15. The van der Waals surface area contributed by atoms with Crippen LogP contribution in [0.1, 0.15) is 27.0 Å². The minimum absolute atomic E-state index is 0.0817.